The van der Waals surface area contributed by atoms with Crippen LogP contribution in [-0.4, -0.2) is 32.5 Å². The predicted molar refractivity (Wildman–Crippen MR) is 52.4 cm³/mol. The molecule has 76 valence electrons. The van der Waals surface area contributed by atoms with Crippen molar-refractivity contribution >= 4 is 9.84 Å². The van der Waals surface area contributed by atoms with Crippen molar-refractivity contribution in [2.75, 3.05) is 18.6 Å². The van der Waals surface area contributed by atoms with Crippen molar-refractivity contribution in [2.24, 2.45) is 5.92 Å². The number of rotatable bonds is 4. The van der Waals surface area contributed by atoms with E-state index in [1.165, 1.54) is 12.8 Å². The second-order valence-corrected chi connectivity index (χ2v) is 6.67. The van der Waals surface area contributed by atoms with E-state index >= 15 is 0 Å². The molecule has 1 saturated carbocycles. The summed E-state index contributed by atoms with van der Waals surface area (Å²) in [5.74, 6) is 1.33. The van der Waals surface area contributed by atoms with Crippen LogP contribution in [0.1, 0.15) is 25.7 Å². The van der Waals surface area contributed by atoms with Crippen molar-refractivity contribution in [3.63, 3.8) is 0 Å². The molecule has 1 saturated heterocycles. The molecule has 0 aromatic heterocycles. The van der Waals surface area contributed by atoms with Gasteiger partial charge >= 0.3 is 0 Å². The summed E-state index contributed by atoms with van der Waals surface area (Å²) in [6.07, 6.45) is 4.77. The average Bonchev–Trinajstić information content (AvgIpc) is 2.77. The molecule has 2 rings (SSSR count). The molecule has 3 nitrogen and oxygen atoms in total. The van der Waals surface area contributed by atoms with E-state index in [2.05, 4.69) is 5.32 Å². The summed E-state index contributed by atoms with van der Waals surface area (Å²) in [5, 5.41) is 3.33. The Morgan fingerprint density at radius 1 is 1.38 bits per heavy atom. The van der Waals surface area contributed by atoms with Gasteiger partial charge in [0.25, 0.3) is 0 Å². The molecule has 1 N–H and O–H groups in total. The summed E-state index contributed by atoms with van der Waals surface area (Å²) in [6, 6.07) is 0. The largest absolute Gasteiger partial charge is 0.314 e. The van der Waals surface area contributed by atoms with Gasteiger partial charge in [0, 0.05) is 5.54 Å². The molecule has 0 radical (unpaired) electrons. The highest BCUT2D eigenvalue weighted by Crippen LogP contribution is 2.41. The quantitative estimate of drug-likeness (QED) is 0.726. The topological polar surface area (TPSA) is 46.2 Å². The van der Waals surface area contributed by atoms with Crippen LogP contribution in [0.25, 0.3) is 0 Å². The molecule has 2 aliphatic rings. The Morgan fingerprint density at radius 2 is 2.00 bits per heavy atom. The van der Waals surface area contributed by atoms with E-state index in [0.29, 0.717) is 23.0 Å². The third-order valence-corrected chi connectivity index (χ3v) is 5.35. The summed E-state index contributed by atoms with van der Waals surface area (Å²) < 4.78 is 21.8. The lowest BCUT2D eigenvalue weighted by Crippen LogP contribution is -2.38. The summed E-state index contributed by atoms with van der Waals surface area (Å²) in [4.78, 5) is 0. The molecular formula is C9H17NO2S. The predicted octanol–water partition coefficient (Wildman–Crippen LogP) is 0.563. The molecule has 0 aromatic carbocycles. The van der Waals surface area contributed by atoms with Crippen LogP contribution in [0.5, 0.6) is 0 Å². The van der Waals surface area contributed by atoms with E-state index in [9.17, 15) is 8.42 Å². The Balaban J connectivity index is 1.71. The fourth-order valence-corrected chi connectivity index (χ4v) is 3.76. The van der Waals surface area contributed by atoms with Crippen LogP contribution < -0.4 is 5.32 Å². The van der Waals surface area contributed by atoms with E-state index in [-0.39, 0.29) is 0 Å². The molecule has 1 heterocycles. The minimum Gasteiger partial charge on any atom is -0.314 e. The first-order valence-corrected chi connectivity index (χ1v) is 6.77. The second kappa shape index (κ2) is 2.95. The molecule has 0 spiro atoms. The van der Waals surface area contributed by atoms with E-state index < -0.39 is 9.84 Å². The zero-order valence-electron chi connectivity index (χ0n) is 8.04. The van der Waals surface area contributed by atoms with Crippen molar-refractivity contribution in [3.8, 4) is 0 Å². The van der Waals surface area contributed by atoms with Crippen LogP contribution in [0.3, 0.4) is 0 Å². The van der Waals surface area contributed by atoms with Crippen molar-refractivity contribution in [3.05, 3.63) is 0 Å². The lowest BCUT2D eigenvalue weighted by Gasteiger charge is -2.27. The van der Waals surface area contributed by atoms with E-state index in [1.807, 2.05) is 7.05 Å². The Morgan fingerprint density at radius 3 is 2.38 bits per heavy atom. The Kier molecular flexibility index (Phi) is 2.15. The molecular weight excluding hydrogens is 186 g/mol. The Labute approximate surface area is 79.8 Å². The van der Waals surface area contributed by atoms with Gasteiger partial charge in [-0.2, -0.15) is 0 Å². The van der Waals surface area contributed by atoms with Crippen molar-refractivity contribution in [1.82, 2.24) is 5.32 Å². The van der Waals surface area contributed by atoms with Gasteiger partial charge in [0.1, 0.15) is 0 Å². The van der Waals surface area contributed by atoms with Crippen molar-refractivity contribution in [1.29, 1.82) is 0 Å². The van der Waals surface area contributed by atoms with Gasteiger partial charge in [-0.15, -0.1) is 0 Å². The van der Waals surface area contributed by atoms with Crippen LogP contribution in [0.4, 0.5) is 0 Å². The maximum absolute atomic E-state index is 10.9. The van der Waals surface area contributed by atoms with Crippen LogP contribution in [0.15, 0.2) is 0 Å². The lowest BCUT2D eigenvalue weighted by atomic mass is 10.0. The van der Waals surface area contributed by atoms with Crippen LogP contribution in [-0.2, 0) is 9.84 Å². The third-order valence-electron chi connectivity index (χ3n) is 3.39. The van der Waals surface area contributed by atoms with E-state index in [0.717, 1.165) is 12.8 Å². The average molecular weight is 203 g/mol. The highest BCUT2D eigenvalue weighted by Gasteiger charge is 2.42. The highest BCUT2D eigenvalue weighted by molar-refractivity contribution is 7.92. The number of hydrogen-bond donors (Lipinski definition) is 1. The van der Waals surface area contributed by atoms with Crippen molar-refractivity contribution < 1.29 is 8.42 Å². The Bertz CT molecular complexity index is 281. The van der Waals surface area contributed by atoms with Gasteiger partial charge in [-0.1, -0.05) is 0 Å². The molecule has 0 bridgehead atoms. The molecule has 4 heteroatoms. The van der Waals surface area contributed by atoms with Gasteiger partial charge < -0.3 is 5.32 Å². The number of sulfone groups is 1. The normalized spacial score (nSPS) is 29.6. The minimum absolute atomic E-state index is 0.388. The molecule has 13 heavy (non-hydrogen) atoms. The van der Waals surface area contributed by atoms with Gasteiger partial charge in [-0.05, 0) is 38.6 Å². The van der Waals surface area contributed by atoms with Gasteiger partial charge in [0.2, 0.25) is 0 Å². The first-order valence-electron chi connectivity index (χ1n) is 4.95. The standard InChI is InChI=1S/C9H17NO2S/c1-10-9(4-5-9)3-2-8-6-13(11,12)7-8/h8,10H,2-7H2,1H3. The fraction of sp³-hybridized carbons (Fsp3) is 1.00. The molecule has 0 unspecified atom stereocenters. The summed E-state index contributed by atoms with van der Waals surface area (Å²) in [7, 11) is -0.601. The van der Waals surface area contributed by atoms with Crippen LogP contribution >= 0.6 is 0 Å². The SMILES string of the molecule is CNC1(CCC2CS(=O)(=O)C2)CC1. The first-order chi connectivity index (χ1) is 6.05. The van der Waals surface area contributed by atoms with E-state index in [1.54, 1.807) is 0 Å². The maximum Gasteiger partial charge on any atom is 0.150 e. The molecule has 0 atom stereocenters. The van der Waals surface area contributed by atoms with Gasteiger partial charge in [0.15, 0.2) is 9.84 Å². The Hall–Kier alpha value is -0.0900. The smallest absolute Gasteiger partial charge is 0.150 e. The minimum atomic E-state index is -2.61. The molecule has 0 amide bonds. The summed E-state index contributed by atoms with van der Waals surface area (Å²) in [6.45, 7) is 0. The second-order valence-electron chi connectivity index (χ2n) is 4.51. The molecule has 2 fully saturated rings. The highest BCUT2D eigenvalue weighted by atomic mass is 32.2. The maximum atomic E-state index is 10.9. The van der Waals surface area contributed by atoms with Gasteiger partial charge in [-0.3, -0.25) is 0 Å². The molecule has 1 aliphatic heterocycles. The molecule has 1 aliphatic carbocycles. The number of nitrogens with one attached hydrogen (secondary N) is 1. The zero-order valence-corrected chi connectivity index (χ0v) is 8.86. The number of hydrogen-bond acceptors (Lipinski definition) is 3. The lowest BCUT2D eigenvalue weighted by molar-refractivity contribution is 0.420. The van der Waals surface area contributed by atoms with Gasteiger partial charge in [0.05, 0.1) is 11.5 Å². The fourth-order valence-electron chi connectivity index (χ4n) is 2.09. The van der Waals surface area contributed by atoms with Crippen molar-refractivity contribution in [2.45, 2.75) is 31.2 Å². The van der Waals surface area contributed by atoms with Crippen LogP contribution in [0, 0.1) is 5.92 Å². The van der Waals surface area contributed by atoms with Gasteiger partial charge in [-0.25, -0.2) is 8.42 Å². The summed E-state index contributed by atoms with van der Waals surface area (Å²) >= 11 is 0. The zero-order chi connectivity index (χ0) is 9.53. The van der Waals surface area contributed by atoms with Crippen LogP contribution in [0.2, 0.25) is 0 Å². The summed E-state index contributed by atoms with van der Waals surface area (Å²) in [5.41, 5.74) is 0.388. The monoisotopic (exact) mass is 203 g/mol. The third kappa shape index (κ3) is 2.05. The first kappa shape index (κ1) is 9.46. The molecule has 0 aromatic rings. The van der Waals surface area contributed by atoms with E-state index in [4.69, 9.17) is 0 Å².